The number of hydrogen-bond acceptors (Lipinski definition) is 7. The maximum absolute atomic E-state index is 9.89. The van der Waals surface area contributed by atoms with Crippen LogP contribution in [0.15, 0.2) is 0 Å². The van der Waals surface area contributed by atoms with Gasteiger partial charge in [0.2, 0.25) is 0 Å². The van der Waals surface area contributed by atoms with Crippen LogP contribution in [0.3, 0.4) is 0 Å². The zero-order chi connectivity index (χ0) is 14.2. The Morgan fingerprint density at radius 3 is 2.16 bits per heavy atom. The summed E-state index contributed by atoms with van der Waals surface area (Å²) >= 11 is 0. The van der Waals surface area contributed by atoms with Gasteiger partial charge in [-0.05, 0) is 13.8 Å². The first-order valence-corrected chi connectivity index (χ1v) is 6.57. The lowest BCUT2D eigenvalue weighted by Gasteiger charge is -2.41. The molecule has 0 aliphatic carbocycles. The van der Waals surface area contributed by atoms with Crippen molar-refractivity contribution >= 4 is 0 Å². The summed E-state index contributed by atoms with van der Waals surface area (Å²) in [5.74, 6) is 0. The molecule has 0 saturated carbocycles. The van der Waals surface area contributed by atoms with E-state index in [2.05, 4.69) is 0 Å². The smallest absolute Gasteiger partial charge is 0.161 e. The maximum Gasteiger partial charge on any atom is 0.161 e. The predicted molar refractivity (Wildman–Crippen MR) is 63.0 cm³/mol. The van der Waals surface area contributed by atoms with E-state index in [9.17, 15) is 20.4 Å². The van der Waals surface area contributed by atoms with Gasteiger partial charge in [-0.25, -0.2) is 0 Å². The minimum atomic E-state index is -0.997. The molecule has 2 heterocycles. The van der Waals surface area contributed by atoms with Crippen molar-refractivity contribution in [1.82, 2.24) is 0 Å². The van der Waals surface area contributed by atoms with E-state index in [0.29, 0.717) is 0 Å². The van der Waals surface area contributed by atoms with Crippen molar-refractivity contribution in [2.75, 3.05) is 0 Å². The highest BCUT2D eigenvalue weighted by Gasteiger charge is 2.41. The Balaban J connectivity index is 1.93. The molecular formula is C12H22O7. The third-order valence-corrected chi connectivity index (χ3v) is 3.64. The molecule has 8 atom stereocenters. The molecule has 4 N–H and O–H groups in total. The first kappa shape index (κ1) is 15.1. The maximum atomic E-state index is 9.89. The summed E-state index contributed by atoms with van der Waals surface area (Å²) in [5, 5.41) is 38.5. The van der Waals surface area contributed by atoms with Crippen LogP contribution in [0.1, 0.15) is 26.7 Å². The molecule has 0 radical (unpaired) electrons. The predicted octanol–water partition coefficient (Wildman–Crippen LogP) is -1.28. The average molecular weight is 278 g/mol. The molecule has 19 heavy (non-hydrogen) atoms. The van der Waals surface area contributed by atoms with Gasteiger partial charge in [0, 0.05) is 12.8 Å². The molecule has 2 fully saturated rings. The van der Waals surface area contributed by atoms with Crippen molar-refractivity contribution in [2.24, 2.45) is 0 Å². The van der Waals surface area contributed by atoms with E-state index in [-0.39, 0.29) is 12.8 Å². The van der Waals surface area contributed by atoms with Crippen LogP contribution in [0.2, 0.25) is 0 Å². The molecule has 2 saturated heterocycles. The van der Waals surface area contributed by atoms with E-state index in [4.69, 9.17) is 14.2 Å². The Labute approximate surface area is 111 Å². The second kappa shape index (κ2) is 6.01. The Morgan fingerprint density at radius 1 is 0.895 bits per heavy atom. The van der Waals surface area contributed by atoms with Crippen LogP contribution in [0.4, 0.5) is 0 Å². The Morgan fingerprint density at radius 2 is 1.58 bits per heavy atom. The molecule has 0 aromatic rings. The lowest BCUT2D eigenvalue weighted by molar-refractivity contribution is -0.306. The van der Waals surface area contributed by atoms with Gasteiger partial charge < -0.3 is 34.6 Å². The van der Waals surface area contributed by atoms with Crippen molar-refractivity contribution in [2.45, 2.75) is 75.9 Å². The summed E-state index contributed by atoms with van der Waals surface area (Å²) in [5.41, 5.74) is 0. The van der Waals surface area contributed by atoms with Gasteiger partial charge in [0.1, 0.15) is 12.2 Å². The van der Waals surface area contributed by atoms with Gasteiger partial charge in [-0.2, -0.15) is 0 Å². The molecule has 0 spiro atoms. The fourth-order valence-electron chi connectivity index (χ4n) is 2.52. The molecule has 0 bridgehead atoms. The summed E-state index contributed by atoms with van der Waals surface area (Å²) in [6.45, 7) is 3.33. The fraction of sp³-hybridized carbons (Fsp3) is 1.00. The standard InChI is InChI=1S/C12H22O7/c1-5-11(16)7(13)4-10(18-5)19-12-6(2)17-9(15)3-8(12)14/h5-16H,3-4H2,1-2H3/t5-,6-,7-,8+,9+,10+,11-,12-/m1/s1. The van der Waals surface area contributed by atoms with Crippen molar-refractivity contribution < 1.29 is 34.6 Å². The summed E-state index contributed by atoms with van der Waals surface area (Å²) in [7, 11) is 0. The van der Waals surface area contributed by atoms with E-state index in [1.807, 2.05) is 0 Å². The largest absolute Gasteiger partial charge is 0.390 e. The van der Waals surface area contributed by atoms with Crippen LogP contribution in [-0.2, 0) is 14.2 Å². The Hall–Kier alpha value is -0.280. The summed E-state index contributed by atoms with van der Waals surface area (Å²) in [4.78, 5) is 0. The van der Waals surface area contributed by atoms with Crippen LogP contribution < -0.4 is 0 Å². The molecule has 0 aromatic carbocycles. The Kier molecular flexibility index (Phi) is 4.78. The molecule has 7 heteroatoms. The number of aliphatic hydroxyl groups is 4. The highest BCUT2D eigenvalue weighted by Crippen LogP contribution is 2.27. The average Bonchev–Trinajstić information content (AvgIpc) is 2.30. The van der Waals surface area contributed by atoms with Crippen molar-refractivity contribution in [1.29, 1.82) is 0 Å². The lowest BCUT2D eigenvalue weighted by Crippen LogP contribution is -2.53. The van der Waals surface area contributed by atoms with Crippen molar-refractivity contribution in [3.05, 3.63) is 0 Å². The second-order valence-corrected chi connectivity index (χ2v) is 5.26. The van der Waals surface area contributed by atoms with Crippen molar-refractivity contribution in [3.63, 3.8) is 0 Å². The first-order valence-electron chi connectivity index (χ1n) is 6.57. The molecule has 0 aromatic heterocycles. The van der Waals surface area contributed by atoms with Crippen LogP contribution in [0, 0.1) is 0 Å². The van der Waals surface area contributed by atoms with Crippen LogP contribution >= 0.6 is 0 Å². The molecule has 0 amide bonds. The van der Waals surface area contributed by atoms with Crippen LogP contribution in [-0.4, -0.2) is 69.6 Å². The van der Waals surface area contributed by atoms with Crippen molar-refractivity contribution in [3.8, 4) is 0 Å². The lowest BCUT2D eigenvalue weighted by atomic mass is 10.0. The molecule has 112 valence electrons. The SMILES string of the molecule is C[C@H]1O[C@@H](O[C@H]2[C@@H](O)C[C@@H](O)O[C@@H]2C)C[C@@H](O)[C@@H]1O. The van der Waals surface area contributed by atoms with Gasteiger partial charge in [-0.3, -0.25) is 0 Å². The Bertz CT molecular complexity index is 276. The zero-order valence-electron chi connectivity index (χ0n) is 11.0. The summed E-state index contributed by atoms with van der Waals surface area (Å²) in [6, 6.07) is 0. The van der Waals surface area contributed by atoms with Gasteiger partial charge in [-0.1, -0.05) is 0 Å². The van der Waals surface area contributed by atoms with E-state index in [1.54, 1.807) is 13.8 Å². The first-order chi connectivity index (χ1) is 8.88. The fourth-order valence-corrected chi connectivity index (χ4v) is 2.52. The highest BCUT2D eigenvalue weighted by molar-refractivity contribution is 4.84. The number of hydrogen-bond donors (Lipinski definition) is 4. The van der Waals surface area contributed by atoms with E-state index < -0.39 is 49.2 Å². The van der Waals surface area contributed by atoms with Gasteiger partial charge in [0.15, 0.2) is 12.6 Å². The number of ether oxygens (including phenoxy) is 3. The monoisotopic (exact) mass is 278 g/mol. The third-order valence-electron chi connectivity index (χ3n) is 3.64. The summed E-state index contributed by atoms with van der Waals surface area (Å²) in [6.07, 6.45) is -5.89. The second-order valence-electron chi connectivity index (χ2n) is 5.26. The molecular weight excluding hydrogens is 256 g/mol. The molecule has 7 nitrogen and oxygen atoms in total. The topological polar surface area (TPSA) is 109 Å². The van der Waals surface area contributed by atoms with Crippen LogP contribution in [0.25, 0.3) is 0 Å². The van der Waals surface area contributed by atoms with Gasteiger partial charge >= 0.3 is 0 Å². The quantitative estimate of drug-likeness (QED) is 0.498. The van der Waals surface area contributed by atoms with E-state index in [0.717, 1.165) is 0 Å². The van der Waals surface area contributed by atoms with E-state index in [1.165, 1.54) is 0 Å². The minimum Gasteiger partial charge on any atom is -0.390 e. The van der Waals surface area contributed by atoms with Crippen LogP contribution in [0.5, 0.6) is 0 Å². The minimum absolute atomic E-state index is 0.0719. The van der Waals surface area contributed by atoms with E-state index >= 15 is 0 Å². The number of aliphatic hydroxyl groups excluding tert-OH is 4. The molecule has 2 rings (SSSR count). The molecule has 2 aliphatic rings. The van der Waals surface area contributed by atoms with Gasteiger partial charge in [0.25, 0.3) is 0 Å². The number of rotatable bonds is 2. The normalized spacial score (nSPS) is 52.1. The molecule has 0 unspecified atom stereocenters. The molecule has 2 aliphatic heterocycles. The highest BCUT2D eigenvalue weighted by atomic mass is 16.7. The third kappa shape index (κ3) is 3.43. The van der Waals surface area contributed by atoms with Gasteiger partial charge in [0.05, 0.1) is 24.4 Å². The zero-order valence-corrected chi connectivity index (χ0v) is 11.0. The summed E-state index contributed by atoms with van der Waals surface area (Å²) < 4.78 is 16.2. The van der Waals surface area contributed by atoms with Gasteiger partial charge in [-0.15, -0.1) is 0 Å².